The van der Waals surface area contributed by atoms with Crippen LogP contribution in [0.15, 0.2) is 0 Å². The monoisotopic (exact) mass is 392 g/mol. The molecule has 2 saturated heterocycles. The first-order chi connectivity index (χ1) is 12.6. The van der Waals surface area contributed by atoms with Crippen molar-refractivity contribution in [3.8, 4) is 0 Å². The van der Waals surface area contributed by atoms with Crippen LogP contribution in [0.2, 0.25) is 0 Å². The van der Waals surface area contributed by atoms with Gasteiger partial charge in [-0.2, -0.15) is 0 Å². The first-order valence-corrected chi connectivity index (χ1v) is 9.96. The van der Waals surface area contributed by atoms with E-state index in [1.807, 2.05) is 6.92 Å². The SMILES string of the molecule is CC(=O)c1c(C)[nH]c(C(=O)[C@@H](C)OC(=O)[C@@H]2CS[C@@]3(C)CCC(=O)N23)c1C. The van der Waals surface area contributed by atoms with Crippen molar-refractivity contribution < 1.29 is 23.9 Å². The summed E-state index contributed by atoms with van der Waals surface area (Å²) in [6, 6.07) is -0.662. The maximum Gasteiger partial charge on any atom is 0.330 e. The van der Waals surface area contributed by atoms with Crippen LogP contribution in [-0.2, 0) is 14.3 Å². The molecule has 0 aromatic carbocycles. The molecule has 3 atom stereocenters. The Kier molecular flexibility index (Phi) is 4.96. The zero-order chi connectivity index (χ0) is 20.1. The van der Waals surface area contributed by atoms with Crippen molar-refractivity contribution in [3.05, 3.63) is 22.5 Å². The van der Waals surface area contributed by atoms with Crippen molar-refractivity contribution >= 4 is 35.2 Å². The molecular formula is C19H24N2O5S. The van der Waals surface area contributed by atoms with Crippen LogP contribution in [-0.4, -0.2) is 56.1 Å². The smallest absolute Gasteiger partial charge is 0.330 e. The number of aromatic nitrogens is 1. The van der Waals surface area contributed by atoms with Crippen molar-refractivity contribution in [2.45, 2.75) is 64.5 Å². The molecular weight excluding hydrogens is 368 g/mol. The van der Waals surface area contributed by atoms with Gasteiger partial charge in [0.15, 0.2) is 11.9 Å². The molecule has 0 unspecified atom stereocenters. The highest BCUT2D eigenvalue weighted by molar-refractivity contribution is 8.01. The number of carbonyl (C=O) groups is 4. The zero-order valence-corrected chi connectivity index (χ0v) is 17.0. The van der Waals surface area contributed by atoms with Gasteiger partial charge in [0.1, 0.15) is 6.04 Å². The number of nitrogens with zero attached hydrogens (tertiary/aromatic N) is 1. The van der Waals surface area contributed by atoms with E-state index < -0.39 is 23.9 Å². The number of rotatable bonds is 5. The van der Waals surface area contributed by atoms with Crippen LogP contribution in [0.1, 0.15) is 65.7 Å². The minimum absolute atomic E-state index is 0.0506. The fourth-order valence-electron chi connectivity index (χ4n) is 4.03. The number of aryl methyl sites for hydroxylation is 1. The van der Waals surface area contributed by atoms with Gasteiger partial charge in [-0.3, -0.25) is 14.4 Å². The number of nitrogens with one attached hydrogen (secondary N) is 1. The molecule has 2 aliphatic heterocycles. The number of H-pyrrole nitrogens is 1. The Bertz CT molecular complexity index is 845. The van der Waals surface area contributed by atoms with Gasteiger partial charge in [-0.15, -0.1) is 11.8 Å². The van der Waals surface area contributed by atoms with Crippen molar-refractivity contribution in [2.24, 2.45) is 0 Å². The molecule has 2 aliphatic rings. The average Bonchev–Trinajstić information content (AvgIpc) is 3.18. The molecule has 1 aromatic heterocycles. The second kappa shape index (κ2) is 6.82. The Balaban J connectivity index is 1.74. The number of hydrogen-bond acceptors (Lipinski definition) is 6. The Morgan fingerprint density at radius 3 is 2.59 bits per heavy atom. The number of hydrogen-bond donors (Lipinski definition) is 1. The van der Waals surface area contributed by atoms with E-state index in [-0.39, 0.29) is 22.3 Å². The first-order valence-electron chi connectivity index (χ1n) is 8.97. The summed E-state index contributed by atoms with van der Waals surface area (Å²) < 4.78 is 5.42. The van der Waals surface area contributed by atoms with Crippen LogP contribution >= 0.6 is 11.8 Å². The number of thioether (sulfide) groups is 1. The summed E-state index contributed by atoms with van der Waals surface area (Å²) in [5.41, 5.74) is 1.95. The van der Waals surface area contributed by atoms with Gasteiger partial charge >= 0.3 is 5.97 Å². The lowest BCUT2D eigenvalue weighted by molar-refractivity contribution is -0.155. The second-order valence-electron chi connectivity index (χ2n) is 7.39. The fourth-order valence-corrected chi connectivity index (χ4v) is 5.45. The van der Waals surface area contributed by atoms with Gasteiger partial charge in [0, 0.05) is 23.4 Å². The zero-order valence-electron chi connectivity index (χ0n) is 16.2. The van der Waals surface area contributed by atoms with Crippen molar-refractivity contribution in [1.29, 1.82) is 0 Å². The second-order valence-corrected chi connectivity index (χ2v) is 8.89. The van der Waals surface area contributed by atoms with E-state index in [1.54, 1.807) is 30.5 Å². The number of carbonyl (C=O) groups excluding carboxylic acids is 4. The third kappa shape index (κ3) is 3.20. The van der Waals surface area contributed by atoms with Crippen LogP contribution in [0.4, 0.5) is 0 Å². The maximum absolute atomic E-state index is 12.8. The summed E-state index contributed by atoms with van der Waals surface area (Å²) in [7, 11) is 0. The third-order valence-electron chi connectivity index (χ3n) is 5.42. The molecule has 146 valence electrons. The number of Topliss-reactive ketones (excluding diaryl/α,β-unsaturated/α-hetero) is 2. The summed E-state index contributed by atoms with van der Waals surface area (Å²) in [6.45, 7) is 8.34. The number of ether oxygens (including phenoxy) is 1. The summed E-state index contributed by atoms with van der Waals surface area (Å²) in [5, 5.41) is 0. The molecule has 3 heterocycles. The molecule has 1 amide bonds. The van der Waals surface area contributed by atoms with E-state index in [4.69, 9.17) is 4.74 Å². The van der Waals surface area contributed by atoms with Crippen LogP contribution in [0.5, 0.6) is 0 Å². The summed E-state index contributed by atoms with van der Waals surface area (Å²) in [5.74, 6) is -0.658. The lowest BCUT2D eigenvalue weighted by atomic mass is 10.0. The van der Waals surface area contributed by atoms with E-state index in [2.05, 4.69) is 4.98 Å². The standard InChI is InChI=1S/C19H24N2O5S/c1-9-15(11(3)22)10(2)20-16(9)17(24)12(4)26-18(25)13-8-27-19(5)7-6-14(23)21(13)19/h12-13,20H,6-8H2,1-5H3/t12-,13+,19+/m1/s1. The van der Waals surface area contributed by atoms with Gasteiger partial charge in [-0.1, -0.05) is 0 Å². The number of esters is 1. The Labute approximate surface area is 162 Å². The largest absolute Gasteiger partial charge is 0.453 e. The number of aromatic amines is 1. The Morgan fingerprint density at radius 2 is 2.00 bits per heavy atom. The fraction of sp³-hybridized carbons (Fsp3) is 0.579. The third-order valence-corrected chi connectivity index (χ3v) is 6.92. The highest BCUT2D eigenvalue weighted by Crippen LogP contribution is 2.47. The van der Waals surface area contributed by atoms with E-state index in [1.165, 1.54) is 13.8 Å². The maximum atomic E-state index is 12.8. The molecule has 27 heavy (non-hydrogen) atoms. The highest BCUT2D eigenvalue weighted by atomic mass is 32.2. The molecule has 1 aromatic rings. The highest BCUT2D eigenvalue weighted by Gasteiger charge is 2.53. The van der Waals surface area contributed by atoms with Gasteiger partial charge in [0.05, 0.1) is 10.6 Å². The summed E-state index contributed by atoms with van der Waals surface area (Å²) in [6.07, 6.45) is 0.128. The lowest BCUT2D eigenvalue weighted by Gasteiger charge is -2.29. The van der Waals surface area contributed by atoms with E-state index in [0.717, 1.165) is 0 Å². The van der Waals surface area contributed by atoms with Crippen LogP contribution < -0.4 is 0 Å². The van der Waals surface area contributed by atoms with Gasteiger partial charge in [-0.25, -0.2) is 4.79 Å². The van der Waals surface area contributed by atoms with Crippen molar-refractivity contribution in [2.75, 3.05) is 5.75 Å². The van der Waals surface area contributed by atoms with Gasteiger partial charge < -0.3 is 14.6 Å². The number of fused-ring (bicyclic) bond motifs is 1. The minimum Gasteiger partial charge on any atom is -0.453 e. The molecule has 0 bridgehead atoms. The van der Waals surface area contributed by atoms with Crippen LogP contribution in [0.3, 0.4) is 0 Å². The minimum atomic E-state index is -1.01. The van der Waals surface area contributed by atoms with E-state index >= 15 is 0 Å². The molecule has 0 aliphatic carbocycles. The predicted octanol–water partition coefficient (Wildman–Crippen LogP) is 2.40. The quantitative estimate of drug-likeness (QED) is 0.611. The van der Waals surface area contributed by atoms with Gasteiger partial charge in [-0.05, 0) is 46.6 Å². The topological polar surface area (TPSA) is 96.5 Å². The predicted molar refractivity (Wildman–Crippen MR) is 101 cm³/mol. The number of ketones is 2. The van der Waals surface area contributed by atoms with Crippen LogP contribution in [0, 0.1) is 13.8 Å². The normalized spacial score (nSPS) is 25.4. The van der Waals surface area contributed by atoms with E-state index in [9.17, 15) is 19.2 Å². The molecule has 2 fully saturated rings. The van der Waals surface area contributed by atoms with Crippen molar-refractivity contribution in [1.82, 2.24) is 9.88 Å². The molecule has 0 radical (unpaired) electrons. The van der Waals surface area contributed by atoms with Gasteiger partial charge in [0.2, 0.25) is 11.7 Å². The molecule has 3 rings (SSSR count). The summed E-state index contributed by atoms with van der Waals surface area (Å²) >= 11 is 1.57. The molecule has 7 nitrogen and oxygen atoms in total. The number of amides is 1. The molecule has 8 heteroatoms. The van der Waals surface area contributed by atoms with Crippen molar-refractivity contribution in [3.63, 3.8) is 0 Å². The van der Waals surface area contributed by atoms with Gasteiger partial charge in [0.25, 0.3) is 0 Å². The average molecular weight is 392 g/mol. The Morgan fingerprint density at radius 1 is 1.33 bits per heavy atom. The molecule has 1 N–H and O–H groups in total. The summed E-state index contributed by atoms with van der Waals surface area (Å²) in [4.78, 5) is 53.5. The molecule has 0 saturated carbocycles. The van der Waals surface area contributed by atoms with E-state index in [0.29, 0.717) is 35.4 Å². The molecule has 0 spiro atoms. The van der Waals surface area contributed by atoms with Crippen LogP contribution in [0.25, 0.3) is 0 Å². The Hall–Kier alpha value is -2.09. The first kappa shape index (κ1) is 19.7. The lowest BCUT2D eigenvalue weighted by Crippen LogP contribution is -2.47.